The smallest absolute Gasteiger partial charge is 0.309 e. The Balaban J connectivity index is 1.73. The predicted octanol–water partition coefficient (Wildman–Crippen LogP) is 6.45. The average molecular weight is 547 g/mol. The molecule has 2 saturated heterocycles. The zero-order valence-electron chi connectivity index (χ0n) is 23.0. The van der Waals surface area contributed by atoms with Gasteiger partial charge in [0.15, 0.2) is 0 Å². The van der Waals surface area contributed by atoms with Gasteiger partial charge in [0.2, 0.25) is 0 Å². The third-order valence-corrected chi connectivity index (χ3v) is 13.1. The zero-order valence-corrected chi connectivity index (χ0v) is 24.6. The van der Waals surface area contributed by atoms with E-state index in [1.165, 1.54) is 0 Å². The van der Waals surface area contributed by atoms with Gasteiger partial charge in [-0.15, -0.1) is 0 Å². The van der Waals surface area contributed by atoms with E-state index in [0.29, 0.717) is 12.8 Å². The van der Waals surface area contributed by atoms with Crippen molar-refractivity contribution in [3.05, 3.63) is 0 Å². The first-order valence-corrected chi connectivity index (χ1v) is 16.7. The molecule has 0 aromatic carbocycles. The van der Waals surface area contributed by atoms with Crippen molar-refractivity contribution in [1.82, 2.24) is 0 Å². The van der Waals surface area contributed by atoms with Crippen molar-refractivity contribution in [2.45, 2.75) is 151 Å². The summed E-state index contributed by atoms with van der Waals surface area (Å²) in [5.74, 6) is -1.51. The Morgan fingerprint density at radius 1 is 0.639 bits per heavy atom. The van der Waals surface area contributed by atoms with E-state index in [0.717, 1.165) is 89.9 Å². The fraction of sp³-hybridized carbons (Fsp3) is 0.929. The van der Waals surface area contributed by atoms with Crippen molar-refractivity contribution in [1.29, 1.82) is 0 Å². The Kier molecular flexibility index (Phi) is 12.9. The normalized spacial score (nSPS) is 29.7. The third kappa shape index (κ3) is 9.70. The molecule has 8 heteroatoms. The van der Waals surface area contributed by atoms with E-state index in [1.807, 2.05) is 0 Å². The number of aliphatic carboxylic acids is 2. The van der Waals surface area contributed by atoms with Gasteiger partial charge in [0.25, 0.3) is 0 Å². The third-order valence-electron chi connectivity index (χ3n) is 8.54. The minimum Gasteiger partial charge on any atom is -0.616 e. The minimum atomic E-state index is -0.855. The van der Waals surface area contributed by atoms with Gasteiger partial charge in [-0.25, -0.2) is 0 Å². The Morgan fingerprint density at radius 3 is 1.25 bits per heavy atom. The summed E-state index contributed by atoms with van der Waals surface area (Å²) in [6.07, 6.45) is 14.7. The van der Waals surface area contributed by atoms with E-state index in [2.05, 4.69) is 0 Å². The van der Waals surface area contributed by atoms with E-state index >= 15 is 0 Å². The molecule has 2 fully saturated rings. The molecule has 2 aliphatic rings. The first kappa shape index (κ1) is 31.8. The molecule has 0 aromatic heterocycles. The lowest BCUT2D eigenvalue weighted by Gasteiger charge is -2.36. The van der Waals surface area contributed by atoms with Gasteiger partial charge in [0, 0.05) is 0 Å². The average Bonchev–Trinajstić information content (AvgIpc) is 2.81. The van der Waals surface area contributed by atoms with Crippen LogP contribution in [0.4, 0.5) is 0 Å². The highest BCUT2D eigenvalue weighted by Crippen LogP contribution is 2.36. The van der Waals surface area contributed by atoms with Crippen molar-refractivity contribution in [2.75, 3.05) is 0 Å². The molecule has 6 unspecified atom stereocenters. The highest BCUT2D eigenvalue weighted by molar-refractivity contribution is 7.93. The van der Waals surface area contributed by atoms with Gasteiger partial charge in [-0.3, -0.25) is 9.59 Å². The maximum Gasteiger partial charge on any atom is 0.309 e. The fourth-order valence-electron chi connectivity index (χ4n) is 5.66. The van der Waals surface area contributed by atoms with Crippen molar-refractivity contribution < 1.29 is 28.9 Å². The topological polar surface area (TPSA) is 121 Å². The first-order valence-electron chi connectivity index (χ1n) is 14.1. The number of hydrogen-bond acceptors (Lipinski definition) is 4. The maximum absolute atomic E-state index is 13.2. The molecular weight excluding hydrogens is 496 g/mol. The van der Waals surface area contributed by atoms with Crippen LogP contribution in [0.25, 0.3) is 0 Å². The lowest BCUT2D eigenvalue weighted by atomic mass is 9.87. The van der Waals surface area contributed by atoms with Crippen LogP contribution in [0.15, 0.2) is 0 Å². The number of carbonyl (C=O) groups is 2. The van der Waals surface area contributed by atoms with Gasteiger partial charge in [0.1, 0.15) is 21.0 Å². The lowest BCUT2D eigenvalue weighted by Crippen LogP contribution is -2.40. The second-order valence-electron chi connectivity index (χ2n) is 12.5. The number of hydrogen-bond donors (Lipinski definition) is 2. The molecule has 0 aromatic rings. The van der Waals surface area contributed by atoms with Crippen molar-refractivity contribution in [3.8, 4) is 0 Å². The van der Waals surface area contributed by atoms with E-state index in [-0.39, 0.29) is 21.0 Å². The molecule has 2 N–H and O–H groups in total. The van der Waals surface area contributed by atoms with E-state index < -0.39 is 45.1 Å². The molecule has 6 nitrogen and oxygen atoms in total. The zero-order chi connectivity index (χ0) is 26.9. The molecule has 210 valence electrons. The van der Waals surface area contributed by atoms with Crippen molar-refractivity contribution in [2.24, 2.45) is 10.8 Å². The number of unbranched alkanes of at least 4 members (excludes halogenated alkanes) is 2. The second-order valence-corrected chi connectivity index (χ2v) is 16.4. The molecule has 2 rings (SSSR count). The van der Waals surface area contributed by atoms with Crippen LogP contribution in [0.2, 0.25) is 0 Å². The highest BCUT2D eigenvalue weighted by Gasteiger charge is 2.39. The quantitative estimate of drug-likeness (QED) is 0.180. The number of carboxylic acids is 2. The monoisotopic (exact) mass is 546 g/mol. The summed E-state index contributed by atoms with van der Waals surface area (Å²) in [6.45, 7) is 7.07. The van der Waals surface area contributed by atoms with Crippen LogP contribution < -0.4 is 0 Å². The summed E-state index contributed by atoms with van der Waals surface area (Å²) in [4.78, 5) is 22.6. The van der Waals surface area contributed by atoms with Crippen LogP contribution in [0.1, 0.15) is 130 Å². The highest BCUT2D eigenvalue weighted by atomic mass is 32.2. The standard InChI is InChI=1S/C28H50O6S2/c1-27(2,25(29)30)19-7-5-11-21-13-9-15-23(35(21)33)17-18-24-16-10-14-22(36(24)34)12-6-8-20-28(3,4)26(31)32/h21-24H,5-20H2,1-4H3,(H,29,30)(H,31,32). The van der Waals surface area contributed by atoms with Crippen molar-refractivity contribution in [3.63, 3.8) is 0 Å². The Labute approximate surface area is 225 Å². The Morgan fingerprint density at radius 2 is 0.944 bits per heavy atom. The Bertz CT molecular complexity index is 640. The summed E-state index contributed by atoms with van der Waals surface area (Å²) in [5.41, 5.74) is -1.40. The minimum absolute atomic E-state index is 0.204. The maximum atomic E-state index is 13.2. The van der Waals surface area contributed by atoms with Crippen LogP contribution >= 0.6 is 0 Å². The summed E-state index contributed by atoms with van der Waals surface area (Å²) in [5, 5.41) is 19.4. The molecule has 6 atom stereocenters. The van der Waals surface area contributed by atoms with Gasteiger partial charge in [0.05, 0.1) is 10.8 Å². The molecule has 0 radical (unpaired) electrons. The number of carboxylic acid groups (broad SMARTS) is 2. The molecule has 0 spiro atoms. The van der Waals surface area contributed by atoms with Gasteiger partial charge in [-0.05, 0) is 140 Å². The van der Waals surface area contributed by atoms with Crippen LogP contribution in [-0.4, -0.2) is 52.3 Å². The van der Waals surface area contributed by atoms with Gasteiger partial charge >= 0.3 is 11.9 Å². The molecule has 0 saturated carbocycles. The van der Waals surface area contributed by atoms with Crippen LogP contribution in [0, 0.1) is 10.8 Å². The second kappa shape index (κ2) is 14.6. The van der Waals surface area contributed by atoms with Crippen molar-refractivity contribution >= 4 is 34.3 Å². The first-order chi connectivity index (χ1) is 16.8. The summed E-state index contributed by atoms with van der Waals surface area (Å²) in [6, 6.07) is 0. The molecule has 36 heavy (non-hydrogen) atoms. The van der Waals surface area contributed by atoms with Gasteiger partial charge in [-0.2, -0.15) is 0 Å². The number of rotatable bonds is 15. The van der Waals surface area contributed by atoms with Crippen LogP contribution in [0.3, 0.4) is 0 Å². The summed E-state index contributed by atoms with van der Waals surface area (Å²) >= 11 is -1.71. The largest absolute Gasteiger partial charge is 0.616 e. The molecule has 2 heterocycles. The van der Waals surface area contributed by atoms with Crippen LogP contribution in [0.5, 0.6) is 0 Å². The molecule has 0 amide bonds. The van der Waals surface area contributed by atoms with Crippen LogP contribution in [-0.2, 0) is 31.9 Å². The van der Waals surface area contributed by atoms with Gasteiger partial charge in [-0.1, -0.05) is 12.8 Å². The predicted molar refractivity (Wildman–Crippen MR) is 148 cm³/mol. The molecule has 0 aliphatic carbocycles. The lowest BCUT2D eigenvalue weighted by molar-refractivity contribution is -0.148. The molecule has 0 bridgehead atoms. The molecule has 2 aliphatic heterocycles. The van der Waals surface area contributed by atoms with E-state index in [1.54, 1.807) is 27.7 Å². The SMILES string of the molecule is CC(C)(CCCCC1CCCC(CCC2CCCC(CCCCC(C)(C)C(=O)O)[S+]2[O-])[S+]1[O-])C(=O)O. The Hall–Kier alpha value is -0.440. The van der Waals surface area contributed by atoms with Gasteiger partial charge < -0.3 is 19.3 Å². The van der Waals surface area contributed by atoms with E-state index in [4.69, 9.17) is 0 Å². The summed E-state index contributed by atoms with van der Waals surface area (Å²) < 4.78 is 26.5. The molecular formula is C28H50O6S2. The fourth-order valence-corrected chi connectivity index (χ4v) is 9.88. The van der Waals surface area contributed by atoms with E-state index in [9.17, 15) is 28.9 Å². The summed E-state index contributed by atoms with van der Waals surface area (Å²) in [7, 11) is 0.